The molecule has 1 spiro atoms. The number of ether oxygens (including phenoxy) is 1. The number of allylic oxidation sites excluding steroid dienone is 2. The maximum Gasteiger partial charge on any atom is 0.215 e. The molecule has 1 unspecified atom stereocenters. The summed E-state index contributed by atoms with van der Waals surface area (Å²) in [7, 11) is 1.46. The van der Waals surface area contributed by atoms with Gasteiger partial charge in [0.15, 0.2) is 5.17 Å². The van der Waals surface area contributed by atoms with Crippen LogP contribution >= 0.6 is 11.8 Å². The number of fused-ring (bicyclic) bond motifs is 2. The summed E-state index contributed by atoms with van der Waals surface area (Å²) in [4.78, 5) is 8.47. The summed E-state index contributed by atoms with van der Waals surface area (Å²) in [6, 6.07) is 5.79. The van der Waals surface area contributed by atoms with Crippen molar-refractivity contribution in [2.45, 2.75) is 31.7 Å². The van der Waals surface area contributed by atoms with E-state index < -0.39 is 5.97 Å². The maximum absolute atomic E-state index is 14.2. The zero-order valence-corrected chi connectivity index (χ0v) is 14.8. The van der Waals surface area contributed by atoms with E-state index in [0.29, 0.717) is 17.3 Å². The summed E-state index contributed by atoms with van der Waals surface area (Å²) >= 11 is 1.58. The van der Waals surface area contributed by atoms with E-state index in [1.807, 2.05) is 31.2 Å². The molecule has 0 radical (unpaired) electrons. The van der Waals surface area contributed by atoms with Gasteiger partial charge in [-0.2, -0.15) is 4.39 Å². The summed E-state index contributed by atoms with van der Waals surface area (Å²) in [5.41, 5.74) is 7.96. The van der Waals surface area contributed by atoms with Crippen molar-refractivity contribution >= 4 is 28.5 Å². The van der Waals surface area contributed by atoms with Crippen molar-refractivity contribution < 1.29 is 9.13 Å². The molecular formula is C18H22FN3OS. The van der Waals surface area contributed by atoms with Crippen LogP contribution in [0.2, 0.25) is 0 Å². The van der Waals surface area contributed by atoms with Crippen molar-refractivity contribution in [2.75, 3.05) is 19.4 Å². The molecule has 0 saturated heterocycles. The van der Waals surface area contributed by atoms with E-state index in [4.69, 9.17) is 15.5 Å². The lowest BCUT2D eigenvalue weighted by molar-refractivity contribution is 0.214. The quantitative estimate of drug-likeness (QED) is 0.844. The van der Waals surface area contributed by atoms with E-state index in [9.17, 15) is 4.39 Å². The van der Waals surface area contributed by atoms with Crippen LogP contribution in [0.5, 0.6) is 5.75 Å². The van der Waals surface area contributed by atoms with Gasteiger partial charge in [0.05, 0.1) is 12.1 Å². The number of aliphatic imine (C=N–C) groups is 2. The molecule has 0 aromatic heterocycles. The molecule has 0 aliphatic carbocycles. The molecule has 0 amide bonds. The molecule has 2 heterocycles. The lowest BCUT2D eigenvalue weighted by Crippen LogP contribution is -2.36. The van der Waals surface area contributed by atoms with Crippen LogP contribution in [-0.4, -0.2) is 30.5 Å². The van der Waals surface area contributed by atoms with Gasteiger partial charge in [-0.3, -0.25) is 9.98 Å². The molecule has 0 bridgehead atoms. The highest BCUT2D eigenvalue weighted by molar-refractivity contribution is 8.13. The van der Waals surface area contributed by atoms with Crippen molar-refractivity contribution in [2.24, 2.45) is 15.7 Å². The fourth-order valence-corrected chi connectivity index (χ4v) is 4.18. The van der Waals surface area contributed by atoms with Crippen LogP contribution in [0.15, 0.2) is 34.3 Å². The van der Waals surface area contributed by atoms with Gasteiger partial charge in [-0.05, 0) is 30.5 Å². The van der Waals surface area contributed by atoms with Crippen LogP contribution in [0.4, 0.5) is 4.39 Å². The predicted molar refractivity (Wildman–Crippen MR) is 99.7 cm³/mol. The summed E-state index contributed by atoms with van der Waals surface area (Å²) in [6.45, 7) is 2.60. The average molecular weight is 347 g/mol. The maximum atomic E-state index is 14.2. The van der Waals surface area contributed by atoms with Gasteiger partial charge in [-0.25, -0.2) is 0 Å². The van der Waals surface area contributed by atoms with Crippen LogP contribution in [0.1, 0.15) is 37.3 Å². The fourth-order valence-electron chi connectivity index (χ4n) is 3.30. The van der Waals surface area contributed by atoms with Crippen molar-refractivity contribution in [3.05, 3.63) is 35.4 Å². The summed E-state index contributed by atoms with van der Waals surface area (Å²) < 4.78 is 20.0. The van der Waals surface area contributed by atoms with E-state index in [0.717, 1.165) is 41.9 Å². The molecule has 2 N–H and O–H groups in total. The molecule has 2 aliphatic rings. The smallest absolute Gasteiger partial charge is 0.215 e. The summed E-state index contributed by atoms with van der Waals surface area (Å²) in [5.74, 6) is 1.30. The van der Waals surface area contributed by atoms with Crippen molar-refractivity contribution in [3.8, 4) is 5.75 Å². The number of benzene rings is 1. The number of nitrogens with zero attached hydrogens (tertiary/aromatic N) is 2. The largest absolute Gasteiger partial charge is 0.493 e. The number of halogens is 1. The molecule has 3 rings (SSSR count). The number of nitrogens with two attached hydrogens (primary N) is 1. The first-order valence-corrected chi connectivity index (χ1v) is 9.17. The van der Waals surface area contributed by atoms with Gasteiger partial charge in [0, 0.05) is 30.4 Å². The number of hydrogen-bond donors (Lipinski definition) is 1. The first-order valence-electron chi connectivity index (χ1n) is 8.18. The second-order valence-electron chi connectivity index (χ2n) is 5.93. The van der Waals surface area contributed by atoms with Gasteiger partial charge in [-0.1, -0.05) is 30.8 Å². The van der Waals surface area contributed by atoms with Crippen molar-refractivity contribution in [3.63, 3.8) is 0 Å². The minimum atomic E-state index is -0.454. The molecule has 0 fully saturated rings. The lowest BCUT2D eigenvalue weighted by Gasteiger charge is -2.38. The Hall–Kier alpha value is -1.82. The number of hydrogen-bond acceptors (Lipinski definition) is 5. The van der Waals surface area contributed by atoms with Gasteiger partial charge < -0.3 is 10.5 Å². The monoisotopic (exact) mass is 347 g/mol. The minimum absolute atomic E-state index is 0.351. The predicted octanol–water partition coefficient (Wildman–Crippen LogP) is 3.91. The van der Waals surface area contributed by atoms with Crippen molar-refractivity contribution in [1.29, 1.82) is 0 Å². The first-order chi connectivity index (χ1) is 11.6. The van der Waals surface area contributed by atoms with E-state index in [1.54, 1.807) is 11.8 Å². The second-order valence-corrected chi connectivity index (χ2v) is 7.05. The molecule has 128 valence electrons. The highest BCUT2D eigenvalue weighted by atomic mass is 32.2. The minimum Gasteiger partial charge on any atom is -0.493 e. The third-order valence-electron chi connectivity index (χ3n) is 4.48. The zero-order chi connectivity index (χ0) is 17.2. The number of amidine groups is 1. The molecule has 6 heteroatoms. The zero-order valence-electron chi connectivity index (χ0n) is 14.0. The van der Waals surface area contributed by atoms with Crippen molar-refractivity contribution in [1.82, 2.24) is 0 Å². The molecule has 1 aromatic rings. The SMILES string of the molecule is CC/C=C(\C(F)=NC)c1ccc2c(c1)C1(CCO2)CCSC(N)=N1. The molecular weight excluding hydrogens is 325 g/mol. The van der Waals surface area contributed by atoms with Gasteiger partial charge in [0.2, 0.25) is 5.97 Å². The van der Waals surface area contributed by atoms with E-state index in [-0.39, 0.29) is 5.54 Å². The normalized spacial score (nSPS) is 24.4. The van der Waals surface area contributed by atoms with Crippen LogP contribution in [0, 0.1) is 0 Å². The Bertz CT molecular complexity index is 729. The molecule has 4 nitrogen and oxygen atoms in total. The molecule has 0 saturated carbocycles. The van der Waals surface area contributed by atoms with Gasteiger partial charge in [0.25, 0.3) is 0 Å². The lowest BCUT2D eigenvalue weighted by atomic mass is 9.81. The Balaban J connectivity index is 2.12. The van der Waals surface area contributed by atoms with E-state index >= 15 is 0 Å². The molecule has 1 atom stereocenters. The van der Waals surface area contributed by atoms with Gasteiger partial charge in [-0.15, -0.1) is 0 Å². The summed E-state index contributed by atoms with van der Waals surface area (Å²) in [6.07, 6.45) is 4.30. The number of thioether (sulfide) groups is 1. The van der Waals surface area contributed by atoms with E-state index in [2.05, 4.69) is 4.99 Å². The third kappa shape index (κ3) is 3.07. The average Bonchev–Trinajstić information content (AvgIpc) is 2.59. The second kappa shape index (κ2) is 6.97. The Morgan fingerprint density at radius 3 is 3.04 bits per heavy atom. The van der Waals surface area contributed by atoms with Gasteiger partial charge >= 0.3 is 0 Å². The summed E-state index contributed by atoms with van der Waals surface area (Å²) in [5, 5.41) is 0.616. The first kappa shape index (κ1) is 17.0. The van der Waals surface area contributed by atoms with Crippen LogP contribution in [0.3, 0.4) is 0 Å². The van der Waals surface area contributed by atoms with Crippen LogP contribution in [-0.2, 0) is 5.54 Å². The number of rotatable bonds is 3. The third-order valence-corrected chi connectivity index (χ3v) is 5.28. The topological polar surface area (TPSA) is 60.0 Å². The highest BCUT2D eigenvalue weighted by Gasteiger charge is 2.39. The fraction of sp³-hybridized carbons (Fsp3) is 0.444. The molecule has 2 aliphatic heterocycles. The van der Waals surface area contributed by atoms with Crippen LogP contribution < -0.4 is 10.5 Å². The van der Waals surface area contributed by atoms with E-state index in [1.165, 1.54) is 7.05 Å². The Morgan fingerprint density at radius 1 is 1.50 bits per heavy atom. The highest BCUT2D eigenvalue weighted by Crippen LogP contribution is 2.46. The molecule has 1 aromatic carbocycles. The standard InChI is InChI=1S/C18H22FN3OS/c1-3-4-13(16(19)21-2)12-5-6-15-14(11-12)18(7-9-23-15)8-10-24-17(20)22-18/h4-6,11H,3,7-10H2,1-2H3,(H2,20,22)/b13-4-,21-16?. The van der Waals surface area contributed by atoms with Crippen LogP contribution in [0.25, 0.3) is 5.57 Å². The Labute approximate surface area is 146 Å². The molecule has 24 heavy (non-hydrogen) atoms. The Kier molecular flexibility index (Phi) is 4.94. The Morgan fingerprint density at radius 2 is 2.33 bits per heavy atom. The van der Waals surface area contributed by atoms with Gasteiger partial charge in [0.1, 0.15) is 5.75 Å².